The van der Waals surface area contributed by atoms with Gasteiger partial charge < -0.3 is 5.32 Å². The summed E-state index contributed by atoms with van der Waals surface area (Å²) in [5, 5.41) is 7.78. The quantitative estimate of drug-likeness (QED) is 0.678. The number of hydrogen-bond donors (Lipinski definition) is 1. The maximum absolute atomic E-state index is 4.53. The van der Waals surface area contributed by atoms with Crippen LogP contribution in [0.5, 0.6) is 0 Å². The third-order valence-electron chi connectivity index (χ3n) is 2.70. The Morgan fingerprint density at radius 1 is 1.43 bits per heavy atom. The molecule has 0 saturated heterocycles. The average Bonchev–Trinajstić information content (AvgIpc) is 2.69. The molecule has 2 aromatic heterocycles. The molecule has 3 rings (SSSR count). The minimum atomic E-state index is 0.938. The van der Waals surface area contributed by atoms with Crippen molar-refractivity contribution in [2.24, 2.45) is 0 Å². The molecular formula is C10H12N4. The normalized spacial score (nSPS) is 14.4. The number of aryl methyl sites for hydroxylation is 2. The summed E-state index contributed by atoms with van der Waals surface area (Å²) in [6.45, 7) is 5.05. The lowest BCUT2D eigenvalue weighted by Gasteiger charge is -2.04. The molecule has 1 aliphatic heterocycles. The van der Waals surface area contributed by atoms with E-state index >= 15 is 0 Å². The Kier molecular flexibility index (Phi) is 1.37. The van der Waals surface area contributed by atoms with Gasteiger partial charge >= 0.3 is 0 Å². The highest BCUT2D eigenvalue weighted by molar-refractivity contribution is 5.58. The number of rotatable bonds is 0. The first-order valence-corrected chi connectivity index (χ1v) is 4.85. The monoisotopic (exact) mass is 188 g/mol. The summed E-state index contributed by atoms with van der Waals surface area (Å²) in [7, 11) is 0. The van der Waals surface area contributed by atoms with Crippen molar-refractivity contribution < 1.29 is 0 Å². The third-order valence-corrected chi connectivity index (χ3v) is 2.70. The molecule has 0 saturated carbocycles. The molecule has 0 atom stereocenters. The van der Waals surface area contributed by atoms with Crippen LogP contribution in [0.25, 0.3) is 5.65 Å². The van der Waals surface area contributed by atoms with Crippen molar-refractivity contribution in [3.05, 3.63) is 23.0 Å². The second kappa shape index (κ2) is 2.47. The lowest BCUT2D eigenvalue weighted by atomic mass is 10.2. The van der Waals surface area contributed by atoms with E-state index in [1.54, 1.807) is 0 Å². The molecular weight excluding hydrogens is 176 g/mol. The topological polar surface area (TPSA) is 42.2 Å². The Morgan fingerprint density at radius 2 is 2.29 bits per heavy atom. The van der Waals surface area contributed by atoms with Gasteiger partial charge in [0.05, 0.1) is 5.69 Å². The molecule has 4 nitrogen and oxygen atoms in total. The van der Waals surface area contributed by atoms with Gasteiger partial charge in [0.15, 0.2) is 5.65 Å². The molecule has 0 aromatic carbocycles. The Balaban J connectivity index is 2.45. The fourth-order valence-corrected chi connectivity index (χ4v) is 2.06. The van der Waals surface area contributed by atoms with E-state index in [0.29, 0.717) is 0 Å². The van der Waals surface area contributed by atoms with Gasteiger partial charge in [-0.3, -0.25) is 0 Å². The largest absolute Gasteiger partial charge is 0.369 e. The van der Waals surface area contributed by atoms with Gasteiger partial charge in [0.1, 0.15) is 5.82 Å². The van der Waals surface area contributed by atoms with Crippen LogP contribution >= 0.6 is 0 Å². The van der Waals surface area contributed by atoms with Crippen LogP contribution in [0.1, 0.15) is 17.0 Å². The van der Waals surface area contributed by atoms with Gasteiger partial charge in [-0.15, -0.1) is 0 Å². The molecule has 0 unspecified atom stereocenters. The molecule has 1 N–H and O–H groups in total. The molecule has 4 heteroatoms. The molecule has 14 heavy (non-hydrogen) atoms. The van der Waals surface area contributed by atoms with Crippen LogP contribution in [0.4, 0.5) is 5.82 Å². The summed E-state index contributed by atoms with van der Waals surface area (Å²) < 4.78 is 1.91. The zero-order valence-electron chi connectivity index (χ0n) is 8.33. The average molecular weight is 188 g/mol. The second-order valence-corrected chi connectivity index (χ2v) is 3.76. The van der Waals surface area contributed by atoms with E-state index in [2.05, 4.69) is 22.3 Å². The molecule has 3 heterocycles. The number of anilines is 1. The molecule has 2 aromatic rings. The van der Waals surface area contributed by atoms with Crippen molar-refractivity contribution >= 4 is 11.5 Å². The van der Waals surface area contributed by atoms with Crippen molar-refractivity contribution in [2.45, 2.75) is 20.3 Å². The standard InChI is InChI=1S/C10H12N4/c1-6-5-9-12-7(2)8-3-4-11-10(8)14(9)13-6/h5,11H,3-4H2,1-2H3. The molecule has 0 bridgehead atoms. The SMILES string of the molecule is Cc1cc2nc(C)c3c(n2n1)NCC3. The number of nitrogens with one attached hydrogen (secondary N) is 1. The van der Waals surface area contributed by atoms with Crippen molar-refractivity contribution in [1.29, 1.82) is 0 Å². The number of hydrogen-bond acceptors (Lipinski definition) is 3. The highest BCUT2D eigenvalue weighted by Gasteiger charge is 2.18. The summed E-state index contributed by atoms with van der Waals surface area (Å²) >= 11 is 0. The van der Waals surface area contributed by atoms with Crippen molar-refractivity contribution in [3.63, 3.8) is 0 Å². The zero-order valence-corrected chi connectivity index (χ0v) is 8.33. The lowest BCUT2D eigenvalue weighted by molar-refractivity contribution is 0.913. The first-order chi connectivity index (χ1) is 6.75. The maximum atomic E-state index is 4.53. The first-order valence-electron chi connectivity index (χ1n) is 4.85. The van der Waals surface area contributed by atoms with Crippen LogP contribution in [0.15, 0.2) is 6.07 Å². The number of aromatic nitrogens is 3. The van der Waals surface area contributed by atoms with E-state index in [1.165, 1.54) is 5.56 Å². The highest BCUT2D eigenvalue weighted by atomic mass is 15.3. The van der Waals surface area contributed by atoms with Gasteiger partial charge in [-0.25, -0.2) is 4.98 Å². The van der Waals surface area contributed by atoms with E-state index in [1.807, 2.05) is 17.5 Å². The van der Waals surface area contributed by atoms with Crippen molar-refractivity contribution in [1.82, 2.24) is 14.6 Å². The third kappa shape index (κ3) is 0.880. The van der Waals surface area contributed by atoms with Gasteiger partial charge in [0.2, 0.25) is 0 Å². The maximum Gasteiger partial charge on any atom is 0.157 e. The number of fused-ring (bicyclic) bond motifs is 3. The van der Waals surface area contributed by atoms with E-state index in [9.17, 15) is 0 Å². The molecule has 1 aliphatic rings. The van der Waals surface area contributed by atoms with Crippen LogP contribution in [0, 0.1) is 13.8 Å². The zero-order chi connectivity index (χ0) is 9.71. The lowest BCUT2D eigenvalue weighted by Crippen LogP contribution is -2.01. The highest BCUT2D eigenvalue weighted by Crippen LogP contribution is 2.25. The molecule has 0 aliphatic carbocycles. The smallest absolute Gasteiger partial charge is 0.157 e. The summed E-state index contributed by atoms with van der Waals surface area (Å²) in [5.41, 5.74) is 4.38. The van der Waals surface area contributed by atoms with Crippen LogP contribution in [-0.2, 0) is 6.42 Å². The van der Waals surface area contributed by atoms with Crippen molar-refractivity contribution in [3.8, 4) is 0 Å². The molecule has 0 spiro atoms. The Bertz CT molecular complexity index is 512. The van der Waals surface area contributed by atoms with E-state index in [-0.39, 0.29) is 0 Å². The Morgan fingerprint density at radius 3 is 3.14 bits per heavy atom. The summed E-state index contributed by atoms with van der Waals surface area (Å²) in [4.78, 5) is 4.53. The Hall–Kier alpha value is -1.58. The van der Waals surface area contributed by atoms with Gasteiger partial charge in [-0.05, 0) is 20.3 Å². The molecule has 0 fully saturated rings. The van der Waals surface area contributed by atoms with Gasteiger partial charge in [-0.1, -0.05) is 0 Å². The second-order valence-electron chi connectivity index (χ2n) is 3.76. The van der Waals surface area contributed by atoms with Gasteiger partial charge in [0, 0.05) is 23.9 Å². The van der Waals surface area contributed by atoms with E-state index in [4.69, 9.17) is 0 Å². The number of nitrogens with zero attached hydrogens (tertiary/aromatic N) is 3. The fraction of sp³-hybridized carbons (Fsp3) is 0.400. The molecule has 0 radical (unpaired) electrons. The first kappa shape index (κ1) is 7.79. The van der Waals surface area contributed by atoms with Crippen LogP contribution < -0.4 is 5.32 Å². The van der Waals surface area contributed by atoms with E-state index < -0.39 is 0 Å². The van der Waals surface area contributed by atoms with Crippen LogP contribution in [-0.4, -0.2) is 21.1 Å². The Labute approximate surface area is 82.0 Å². The minimum absolute atomic E-state index is 0.938. The molecule has 72 valence electrons. The predicted molar refractivity (Wildman–Crippen MR) is 54.7 cm³/mol. The minimum Gasteiger partial charge on any atom is -0.369 e. The van der Waals surface area contributed by atoms with Gasteiger partial charge in [0.25, 0.3) is 0 Å². The van der Waals surface area contributed by atoms with Crippen LogP contribution in [0.3, 0.4) is 0 Å². The molecule has 0 amide bonds. The summed E-state index contributed by atoms with van der Waals surface area (Å²) in [5.74, 6) is 1.13. The van der Waals surface area contributed by atoms with Crippen LogP contribution in [0.2, 0.25) is 0 Å². The summed E-state index contributed by atoms with van der Waals surface area (Å²) in [6.07, 6.45) is 1.06. The fourth-order valence-electron chi connectivity index (χ4n) is 2.06. The summed E-state index contributed by atoms with van der Waals surface area (Å²) in [6, 6.07) is 2.01. The van der Waals surface area contributed by atoms with Gasteiger partial charge in [-0.2, -0.15) is 9.61 Å². The van der Waals surface area contributed by atoms with Crippen molar-refractivity contribution in [2.75, 3.05) is 11.9 Å². The van der Waals surface area contributed by atoms with E-state index in [0.717, 1.165) is 35.8 Å². The predicted octanol–water partition coefficient (Wildman–Crippen LogP) is 1.31.